The van der Waals surface area contributed by atoms with Crippen LogP contribution >= 0.6 is 0 Å². The van der Waals surface area contributed by atoms with Gasteiger partial charge in [-0.05, 0) is 38.1 Å². The molecule has 5 nitrogen and oxygen atoms in total. The van der Waals surface area contributed by atoms with E-state index in [9.17, 15) is 4.79 Å². The molecule has 2 aliphatic rings. The normalized spacial score (nSPS) is 28.7. The first-order valence-corrected chi connectivity index (χ1v) is 8.07. The third-order valence-corrected chi connectivity index (χ3v) is 5.43. The van der Waals surface area contributed by atoms with E-state index < -0.39 is 0 Å². The Labute approximate surface area is 126 Å². The summed E-state index contributed by atoms with van der Waals surface area (Å²) in [6, 6.07) is 0.131. The molecule has 21 heavy (non-hydrogen) atoms. The van der Waals surface area contributed by atoms with E-state index in [4.69, 9.17) is 0 Å². The minimum Gasteiger partial charge on any atom is -0.349 e. The van der Waals surface area contributed by atoms with Gasteiger partial charge in [-0.1, -0.05) is 13.8 Å². The number of aromatic nitrogens is 2. The lowest BCUT2D eigenvalue weighted by atomic mass is 9.75. The highest BCUT2D eigenvalue weighted by atomic mass is 16.2. The summed E-state index contributed by atoms with van der Waals surface area (Å²) in [5.74, 6) is 0.564. The molecule has 3 rings (SSSR count). The Morgan fingerprint density at radius 3 is 3.05 bits per heavy atom. The molecule has 2 unspecified atom stereocenters. The van der Waals surface area contributed by atoms with Crippen LogP contribution in [0.2, 0.25) is 0 Å². The van der Waals surface area contributed by atoms with E-state index in [1.807, 2.05) is 17.9 Å². The lowest BCUT2D eigenvalue weighted by molar-refractivity contribution is -0.133. The number of aryl methyl sites for hydroxylation is 1. The van der Waals surface area contributed by atoms with Crippen molar-refractivity contribution >= 4 is 5.91 Å². The minimum atomic E-state index is -0.250. The molecule has 1 saturated heterocycles. The Bertz CT molecular complexity index is 528. The third kappa shape index (κ3) is 2.37. The Morgan fingerprint density at radius 1 is 1.57 bits per heavy atom. The standard InChI is InChI=1S/C16H26N4O/c1-11(2)16(7-8-17-10-16)15(21)19-13-5-4-6-14-12(13)9-18-20(14)3/h9,11,13,17H,4-8,10H2,1-3H3,(H,19,21). The average molecular weight is 290 g/mol. The molecule has 1 amide bonds. The van der Waals surface area contributed by atoms with Gasteiger partial charge in [0.15, 0.2) is 0 Å². The summed E-state index contributed by atoms with van der Waals surface area (Å²) in [7, 11) is 1.99. The number of carbonyl (C=O) groups excluding carboxylic acids is 1. The highest BCUT2D eigenvalue weighted by Gasteiger charge is 2.44. The fourth-order valence-electron chi connectivity index (χ4n) is 3.82. The van der Waals surface area contributed by atoms with Gasteiger partial charge in [-0.2, -0.15) is 5.10 Å². The zero-order chi connectivity index (χ0) is 15.0. The van der Waals surface area contributed by atoms with Gasteiger partial charge in [-0.3, -0.25) is 9.48 Å². The lowest BCUT2D eigenvalue weighted by Crippen LogP contribution is -2.47. The van der Waals surface area contributed by atoms with Gasteiger partial charge in [0.1, 0.15) is 0 Å². The van der Waals surface area contributed by atoms with E-state index >= 15 is 0 Å². The highest BCUT2D eigenvalue weighted by Crippen LogP contribution is 2.36. The summed E-state index contributed by atoms with van der Waals surface area (Å²) in [5.41, 5.74) is 2.23. The number of carbonyl (C=O) groups is 1. The second-order valence-corrected chi connectivity index (χ2v) is 6.83. The number of hydrogen-bond donors (Lipinski definition) is 2. The number of rotatable bonds is 3. The molecule has 0 saturated carbocycles. The Kier molecular flexibility index (Phi) is 3.78. The summed E-state index contributed by atoms with van der Waals surface area (Å²) in [6.45, 7) is 6.05. The number of amides is 1. The smallest absolute Gasteiger partial charge is 0.228 e. The van der Waals surface area contributed by atoms with Crippen LogP contribution in [0.5, 0.6) is 0 Å². The van der Waals surface area contributed by atoms with Crippen LogP contribution in [0.25, 0.3) is 0 Å². The quantitative estimate of drug-likeness (QED) is 0.888. The highest BCUT2D eigenvalue weighted by molar-refractivity contribution is 5.84. The minimum absolute atomic E-state index is 0.131. The van der Waals surface area contributed by atoms with Crippen molar-refractivity contribution in [2.45, 2.75) is 45.6 Å². The summed E-state index contributed by atoms with van der Waals surface area (Å²) in [5, 5.41) is 11.0. The van der Waals surface area contributed by atoms with E-state index in [2.05, 4.69) is 29.6 Å². The van der Waals surface area contributed by atoms with Crippen LogP contribution in [-0.4, -0.2) is 28.8 Å². The number of fused-ring (bicyclic) bond motifs is 1. The Hall–Kier alpha value is -1.36. The first-order valence-electron chi connectivity index (χ1n) is 8.07. The van der Waals surface area contributed by atoms with Crippen molar-refractivity contribution in [1.29, 1.82) is 0 Å². The fourth-order valence-corrected chi connectivity index (χ4v) is 3.82. The molecule has 116 valence electrons. The molecule has 0 radical (unpaired) electrons. The van der Waals surface area contributed by atoms with Crippen LogP contribution in [0.3, 0.4) is 0 Å². The van der Waals surface area contributed by atoms with Gasteiger partial charge in [0.2, 0.25) is 5.91 Å². The molecule has 0 bridgehead atoms. The predicted octanol–water partition coefficient (Wildman–Crippen LogP) is 1.55. The SMILES string of the molecule is CC(C)C1(C(=O)NC2CCCc3c2cnn3C)CCNC1. The van der Waals surface area contributed by atoms with E-state index in [-0.39, 0.29) is 17.4 Å². The zero-order valence-corrected chi connectivity index (χ0v) is 13.3. The summed E-state index contributed by atoms with van der Waals surface area (Å²) < 4.78 is 1.95. The molecule has 1 aliphatic heterocycles. The van der Waals surface area contributed by atoms with Crippen molar-refractivity contribution in [2.24, 2.45) is 18.4 Å². The molecule has 1 aliphatic carbocycles. The molecule has 1 aromatic rings. The first-order chi connectivity index (χ1) is 10.0. The van der Waals surface area contributed by atoms with Crippen LogP contribution in [0, 0.1) is 11.3 Å². The molecule has 5 heteroatoms. The zero-order valence-electron chi connectivity index (χ0n) is 13.3. The largest absolute Gasteiger partial charge is 0.349 e. The summed E-state index contributed by atoms with van der Waals surface area (Å²) >= 11 is 0. The van der Waals surface area contributed by atoms with E-state index in [1.54, 1.807) is 0 Å². The Balaban J connectivity index is 1.79. The lowest BCUT2D eigenvalue weighted by Gasteiger charge is -2.34. The van der Waals surface area contributed by atoms with Gasteiger partial charge in [0.25, 0.3) is 0 Å². The van der Waals surface area contributed by atoms with Crippen molar-refractivity contribution in [3.63, 3.8) is 0 Å². The van der Waals surface area contributed by atoms with E-state index in [0.29, 0.717) is 5.92 Å². The summed E-state index contributed by atoms with van der Waals surface area (Å²) in [4.78, 5) is 12.9. The van der Waals surface area contributed by atoms with Crippen molar-refractivity contribution in [3.05, 3.63) is 17.5 Å². The number of nitrogens with zero attached hydrogens (tertiary/aromatic N) is 2. The maximum Gasteiger partial charge on any atom is 0.228 e. The maximum atomic E-state index is 12.9. The Morgan fingerprint density at radius 2 is 2.38 bits per heavy atom. The van der Waals surface area contributed by atoms with Crippen LogP contribution in [0.15, 0.2) is 6.20 Å². The van der Waals surface area contributed by atoms with Crippen molar-refractivity contribution in [2.75, 3.05) is 13.1 Å². The molecule has 0 aromatic carbocycles. The van der Waals surface area contributed by atoms with Gasteiger partial charge in [0, 0.05) is 24.8 Å². The molecule has 2 heterocycles. The van der Waals surface area contributed by atoms with Gasteiger partial charge in [-0.25, -0.2) is 0 Å². The third-order valence-electron chi connectivity index (χ3n) is 5.43. The fraction of sp³-hybridized carbons (Fsp3) is 0.750. The first kappa shape index (κ1) is 14.6. The second-order valence-electron chi connectivity index (χ2n) is 6.83. The molecular formula is C16H26N4O. The van der Waals surface area contributed by atoms with Crippen LogP contribution in [0.1, 0.15) is 50.4 Å². The molecule has 0 spiro atoms. The van der Waals surface area contributed by atoms with Crippen molar-refractivity contribution < 1.29 is 4.79 Å². The van der Waals surface area contributed by atoms with Crippen molar-refractivity contribution in [3.8, 4) is 0 Å². The van der Waals surface area contributed by atoms with Crippen molar-refractivity contribution in [1.82, 2.24) is 20.4 Å². The van der Waals surface area contributed by atoms with E-state index in [0.717, 1.165) is 38.8 Å². The molecule has 1 fully saturated rings. The second kappa shape index (κ2) is 5.44. The van der Waals surface area contributed by atoms with Gasteiger partial charge >= 0.3 is 0 Å². The van der Waals surface area contributed by atoms with Gasteiger partial charge in [-0.15, -0.1) is 0 Å². The van der Waals surface area contributed by atoms with E-state index in [1.165, 1.54) is 11.3 Å². The van der Waals surface area contributed by atoms with Gasteiger partial charge in [0.05, 0.1) is 17.7 Å². The number of nitrogens with one attached hydrogen (secondary N) is 2. The molecule has 2 atom stereocenters. The van der Waals surface area contributed by atoms with Crippen LogP contribution in [0.4, 0.5) is 0 Å². The molecule has 2 N–H and O–H groups in total. The monoisotopic (exact) mass is 290 g/mol. The molecule has 1 aromatic heterocycles. The molecular weight excluding hydrogens is 264 g/mol. The van der Waals surface area contributed by atoms with Crippen LogP contribution < -0.4 is 10.6 Å². The van der Waals surface area contributed by atoms with Crippen LogP contribution in [-0.2, 0) is 18.3 Å². The van der Waals surface area contributed by atoms with Gasteiger partial charge < -0.3 is 10.6 Å². The maximum absolute atomic E-state index is 12.9. The number of hydrogen-bond acceptors (Lipinski definition) is 3. The predicted molar refractivity (Wildman–Crippen MR) is 81.8 cm³/mol. The summed E-state index contributed by atoms with van der Waals surface area (Å²) in [6.07, 6.45) is 6.06. The topological polar surface area (TPSA) is 59.0 Å². The average Bonchev–Trinajstić information content (AvgIpc) is 3.08.